The third-order valence-electron chi connectivity index (χ3n) is 2.52. The second-order valence-corrected chi connectivity index (χ2v) is 3.89. The van der Waals surface area contributed by atoms with E-state index in [1.807, 2.05) is 6.92 Å². The molecule has 2 amide bonds. The zero-order valence-corrected chi connectivity index (χ0v) is 10.8. The predicted molar refractivity (Wildman–Crippen MR) is 69.8 cm³/mol. The summed E-state index contributed by atoms with van der Waals surface area (Å²) >= 11 is 0. The largest absolute Gasteiger partial charge is 0.484 e. The highest BCUT2D eigenvalue weighted by Gasteiger charge is 2.13. The van der Waals surface area contributed by atoms with Crippen LogP contribution in [0.4, 0.5) is 0 Å². The van der Waals surface area contributed by atoms with E-state index >= 15 is 0 Å². The lowest BCUT2D eigenvalue weighted by atomic mass is 10.2. The maximum Gasteiger partial charge on any atom is 0.255 e. The fourth-order valence-corrected chi connectivity index (χ4v) is 1.55. The summed E-state index contributed by atoms with van der Waals surface area (Å²) < 4.78 is 5.10. The molecule has 19 heavy (non-hydrogen) atoms. The molecular weight excluding hydrogens is 248 g/mol. The SMILES string of the molecule is CCN(CCO)C(=O)c1ccc(OCC(N)=O)cc1. The fraction of sp³-hybridized carbons (Fsp3) is 0.385. The number of carbonyl (C=O) groups excluding carboxylic acids is 2. The van der Waals surface area contributed by atoms with Crippen LogP contribution in [0.1, 0.15) is 17.3 Å². The Balaban J connectivity index is 2.69. The molecule has 1 aromatic carbocycles. The second kappa shape index (κ2) is 7.38. The van der Waals surface area contributed by atoms with Crippen molar-refractivity contribution in [2.24, 2.45) is 5.73 Å². The van der Waals surface area contributed by atoms with E-state index in [1.165, 1.54) is 0 Å². The number of likely N-dealkylation sites (N-methyl/N-ethyl adjacent to an activating group) is 1. The number of ether oxygens (including phenoxy) is 1. The topological polar surface area (TPSA) is 92.9 Å². The van der Waals surface area contributed by atoms with E-state index in [0.29, 0.717) is 24.4 Å². The van der Waals surface area contributed by atoms with Crippen LogP contribution >= 0.6 is 0 Å². The minimum Gasteiger partial charge on any atom is -0.484 e. The Morgan fingerprint density at radius 1 is 1.32 bits per heavy atom. The van der Waals surface area contributed by atoms with Gasteiger partial charge in [0.15, 0.2) is 6.61 Å². The minimum absolute atomic E-state index is 0.0701. The smallest absolute Gasteiger partial charge is 0.255 e. The van der Waals surface area contributed by atoms with Crippen molar-refractivity contribution in [2.75, 3.05) is 26.3 Å². The Morgan fingerprint density at radius 2 is 1.95 bits per heavy atom. The quantitative estimate of drug-likeness (QED) is 0.726. The summed E-state index contributed by atoms with van der Waals surface area (Å²) in [5.74, 6) is -0.237. The first-order chi connectivity index (χ1) is 9.08. The third-order valence-corrected chi connectivity index (χ3v) is 2.52. The molecule has 0 saturated carbocycles. The number of benzene rings is 1. The van der Waals surface area contributed by atoms with Crippen molar-refractivity contribution >= 4 is 11.8 Å². The highest BCUT2D eigenvalue weighted by molar-refractivity contribution is 5.94. The van der Waals surface area contributed by atoms with Crippen LogP contribution in [0.5, 0.6) is 5.75 Å². The Bertz CT molecular complexity index is 431. The fourth-order valence-electron chi connectivity index (χ4n) is 1.55. The van der Waals surface area contributed by atoms with Gasteiger partial charge in [0.2, 0.25) is 0 Å². The summed E-state index contributed by atoms with van der Waals surface area (Å²) in [5, 5.41) is 8.87. The lowest BCUT2D eigenvalue weighted by Crippen LogP contribution is -2.33. The van der Waals surface area contributed by atoms with Crippen LogP contribution in [0, 0.1) is 0 Å². The van der Waals surface area contributed by atoms with Gasteiger partial charge in [-0.25, -0.2) is 0 Å². The molecule has 6 nitrogen and oxygen atoms in total. The zero-order valence-electron chi connectivity index (χ0n) is 10.8. The van der Waals surface area contributed by atoms with Gasteiger partial charge in [-0.1, -0.05) is 0 Å². The van der Waals surface area contributed by atoms with E-state index in [-0.39, 0.29) is 19.1 Å². The van der Waals surface area contributed by atoms with Crippen molar-refractivity contribution in [3.05, 3.63) is 29.8 Å². The van der Waals surface area contributed by atoms with E-state index in [1.54, 1.807) is 29.2 Å². The number of rotatable bonds is 7. The summed E-state index contributed by atoms with van der Waals surface area (Å²) in [7, 11) is 0. The highest BCUT2D eigenvalue weighted by atomic mass is 16.5. The second-order valence-electron chi connectivity index (χ2n) is 3.89. The van der Waals surface area contributed by atoms with Gasteiger partial charge >= 0.3 is 0 Å². The Labute approximate surface area is 111 Å². The molecule has 1 rings (SSSR count). The first kappa shape index (κ1) is 15.0. The number of aliphatic hydroxyl groups is 1. The van der Waals surface area contributed by atoms with Crippen LogP contribution in [0.25, 0.3) is 0 Å². The van der Waals surface area contributed by atoms with E-state index in [9.17, 15) is 9.59 Å². The van der Waals surface area contributed by atoms with Crippen molar-refractivity contribution in [2.45, 2.75) is 6.92 Å². The van der Waals surface area contributed by atoms with Crippen molar-refractivity contribution in [3.8, 4) is 5.75 Å². The van der Waals surface area contributed by atoms with Gasteiger partial charge < -0.3 is 20.5 Å². The average Bonchev–Trinajstić information content (AvgIpc) is 2.42. The normalized spacial score (nSPS) is 10.0. The molecule has 0 unspecified atom stereocenters. The van der Waals surface area contributed by atoms with E-state index < -0.39 is 5.91 Å². The molecule has 104 valence electrons. The lowest BCUT2D eigenvalue weighted by molar-refractivity contribution is -0.119. The molecule has 0 radical (unpaired) electrons. The van der Waals surface area contributed by atoms with Gasteiger partial charge in [-0.15, -0.1) is 0 Å². The number of nitrogens with zero attached hydrogens (tertiary/aromatic N) is 1. The van der Waals surface area contributed by atoms with Crippen LogP contribution in [-0.4, -0.2) is 48.1 Å². The van der Waals surface area contributed by atoms with E-state index in [2.05, 4.69) is 0 Å². The monoisotopic (exact) mass is 266 g/mol. The van der Waals surface area contributed by atoms with Gasteiger partial charge in [-0.2, -0.15) is 0 Å². The lowest BCUT2D eigenvalue weighted by Gasteiger charge is -2.19. The van der Waals surface area contributed by atoms with Crippen molar-refractivity contribution < 1.29 is 19.4 Å². The molecule has 0 aliphatic heterocycles. The molecule has 3 N–H and O–H groups in total. The molecule has 1 aromatic rings. The van der Waals surface area contributed by atoms with Gasteiger partial charge in [0.1, 0.15) is 5.75 Å². The summed E-state index contributed by atoms with van der Waals surface area (Å²) in [4.78, 5) is 24.1. The first-order valence-corrected chi connectivity index (χ1v) is 5.99. The Hall–Kier alpha value is -2.08. The van der Waals surface area contributed by atoms with Crippen molar-refractivity contribution in [3.63, 3.8) is 0 Å². The predicted octanol–water partition coefficient (Wildman–Crippen LogP) is 0.00510. The number of amides is 2. The van der Waals surface area contributed by atoms with Crippen LogP contribution in [0.2, 0.25) is 0 Å². The molecular formula is C13H18N2O4. The molecule has 6 heteroatoms. The maximum absolute atomic E-state index is 12.0. The summed E-state index contributed by atoms with van der Waals surface area (Å²) in [6.07, 6.45) is 0. The number of aliphatic hydroxyl groups excluding tert-OH is 1. The van der Waals surface area contributed by atoms with Gasteiger partial charge in [-0.3, -0.25) is 9.59 Å². The molecule has 0 heterocycles. The highest BCUT2D eigenvalue weighted by Crippen LogP contribution is 2.13. The standard InChI is InChI=1S/C13H18N2O4/c1-2-15(7-8-16)13(18)10-3-5-11(6-4-10)19-9-12(14)17/h3-6,16H,2,7-9H2,1H3,(H2,14,17). The summed E-state index contributed by atoms with van der Waals surface area (Å²) in [6, 6.07) is 6.42. The molecule has 0 aliphatic carbocycles. The molecule has 0 saturated heterocycles. The number of carbonyl (C=O) groups is 2. The zero-order chi connectivity index (χ0) is 14.3. The minimum atomic E-state index is -0.555. The third kappa shape index (κ3) is 4.59. The molecule has 0 aromatic heterocycles. The van der Waals surface area contributed by atoms with Crippen LogP contribution in [0.3, 0.4) is 0 Å². The number of hydrogen-bond acceptors (Lipinski definition) is 4. The average molecular weight is 266 g/mol. The number of nitrogens with two attached hydrogens (primary N) is 1. The maximum atomic E-state index is 12.0. The van der Waals surface area contributed by atoms with Gasteiger partial charge in [0.25, 0.3) is 11.8 Å². The van der Waals surface area contributed by atoms with Crippen molar-refractivity contribution in [1.29, 1.82) is 0 Å². The van der Waals surface area contributed by atoms with Crippen LogP contribution < -0.4 is 10.5 Å². The number of hydrogen-bond donors (Lipinski definition) is 2. The van der Waals surface area contributed by atoms with E-state index in [0.717, 1.165) is 0 Å². The van der Waals surface area contributed by atoms with Crippen LogP contribution in [-0.2, 0) is 4.79 Å². The molecule has 0 aliphatic rings. The van der Waals surface area contributed by atoms with Crippen molar-refractivity contribution in [1.82, 2.24) is 4.90 Å². The van der Waals surface area contributed by atoms with Gasteiger partial charge in [-0.05, 0) is 31.2 Å². The molecule has 0 fully saturated rings. The summed E-state index contributed by atoms with van der Waals surface area (Å²) in [6.45, 7) is 2.41. The molecule has 0 bridgehead atoms. The van der Waals surface area contributed by atoms with Gasteiger partial charge in [0.05, 0.1) is 6.61 Å². The number of primary amides is 1. The first-order valence-electron chi connectivity index (χ1n) is 5.99. The molecule has 0 spiro atoms. The van der Waals surface area contributed by atoms with E-state index in [4.69, 9.17) is 15.6 Å². The Kier molecular flexibility index (Phi) is 5.81. The van der Waals surface area contributed by atoms with Crippen LogP contribution in [0.15, 0.2) is 24.3 Å². The van der Waals surface area contributed by atoms with Gasteiger partial charge in [0, 0.05) is 18.7 Å². The Morgan fingerprint density at radius 3 is 2.42 bits per heavy atom. The molecule has 0 atom stereocenters. The summed E-state index contributed by atoms with van der Waals surface area (Å²) in [5.41, 5.74) is 5.46.